The zero-order valence-electron chi connectivity index (χ0n) is 27.2. The summed E-state index contributed by atoms with van der Waals surface area (Å²) >= 11 is 6.37. The number of phenols is 1. The Bertz CT molecular complexity index is 2200. The van der Waals surface area contributed by atoms with Gasteiger partial charge >= 0.3 is 5.97 Å². The minimum atomic E-state index is -1.57. The Morgan fingerprint density at radius 2 is 1.53 bits per heavy atom. The van der Waals surface area contributed by atoms with Crippen molar-refractivity contribution >= 4 is 52.6 Å². The lowest BCUT2D eigenvalue weighted by Gasteiger charge is -2.50. The van der Waals surface area contributed by atoms with E-state index in [9.17, 15) is 29.4 Å². The molecule has 6 atom stereocenters. The van der Waals surface area contributed by atoms with Crippen molar-refractivity contribution in [3.63, 3.8) is 0 Å². The molecule has 4 aromatic rings. The van der Waals surface area contributed by atoms with Crippen molar-refractivity contribution in [3.8, 4) is 11.5 Å². The van der Waals surface area contributed by atoms with Gasteiger partial charge in [0.2, 0.25) is 23.6 Å². The first-order valence-corrected chi connectivity index (χ1v) is 16.9. The standard InChI is InChI=1S/C40H31ClN2O8/c1-51-31-15-7-14-28(34(31)44)33-26-16-17-27-32(37(47)42(35(27)45)24-12-5-8-21(18-24)38(48)49)29(26)20-30-36(46)43(25-13-6-11-23(41)19-25)39(50)40(30,33)22-9-3-2-4-10-22/h2-16,18-19,27,29-30,32-33,44H,17,20H2,1H3,(H,48,49). The van der Waals surface area contributed by atoms with Crippen LogP contribution >= 0.6 is 11.6 Å². The van der Waals surface area contributed by atoms with Gasteiger partial charge in [0.25, 0.3) is 0 Å². The molecule has 2 saturated heterocycles. The number of ether oxygens (including phenoxy) is 1. The van der Waals surface area contributed by atoms with Gasteiger partial charge in [0.1, 0.15) is 0 Å². The van der Waals surface area contributed by atoms with E-state index in [1.807, 2.05) is 12.1 Å². The summed E-state index contributed by atoms with van der Waals surface area (Å²) in [6.07, 6.45) is 2.11. The third kappa shape index (κ3) is 4.59. The number of phenolic OH excluding ortho intramolecular Hbond substituents is 1. The second-order valence-corrected chi connectivity index (χ2v) is 13.8. The molecule has 0 radical (unpaired) electrons. The zero-order chi connectivity index (χ0) is 35.8. The predicted octanol–water partition coefficient (Wildman–Crippen LogP) is 6.12. The number of carbonyl (C=O) groups excluding carboxylic acids is 4. The number of aromatic carboxylic acids is 1. The number of hydrogen-bond donors (Lipinski definition) is 2. The molecule has 1 saturated carbocycles. The number of allylic oxidation sites excluding steroid dienone is 2. The molecule has 2 aliphatic carbocycles. The first kappa shape index (κ1) is 32.5. The second-order valence-electron chi connectivity index (χ2n) is 13.4. The van der Waals surface area contributed by atoms with E-state index in [2.05, 4.69) is 0 Å². The summed E-state index contributed by atoms with van der Waals surface area (Å²) in [4.78, 5) is 72.7. The summed E-state index contributed by atoms with van der Waals surface area (Å²) in [5, 5.41) is 21.7. The summed E-state index contributed by atoms with van der Waals surface area (Å²) in [7, 11) is 1.42. The van der Waals surface area contributed by atoms with Crippen LogP contribution in [0.4, 0.5) is 11.4 Å². The molecule has 6 unspecified atom stereocenters. The highest BCUT2D eigenvalue weighted by Crippen LogP contribution is 2.65. The van der Waals surface area contributed by atoms with Crippen LogP contribution in [0.3, 0.4) is 0 Å². The van der Waals surface area contributed by atoms with Gasteiger partial charge in [-0.3, -0.25) is 24.1 Å². The molecule has 2 N–H and O–H groups in total. The van der Waals surface area contributed by atoms with Crippen LogP contribution in [-0.4, -0.2) is 46.9 Å². The maximum Gasteiger partial charge on any atom is 0.335 e. The number of aromatic hydroxyl groups is 1. The number of benzene rings is 4. The van der Waals surface area contributed by atoms with E-state index in [1.165, 1.54) is 31.4 Å². The number of para-hydroxylation sites is 1. The first-order valence-electron chi connectivity index (χ1n) is 16.6. The number of imide groups is 2. The van der Waals surface area contributed by atoms with Crippen LogP contribution in [-0.2, 0) is 24.6 Å². The molecule has 8 rings (SSSR count). The molecule has 4 aromatic carbocycles. The molecule has 4 aliphatic rings. The SMILES string of the molecule is COc1cccc(C2C3=CCC4C(=O)N(c5cccc(C(=O)O)c5)C(=O)C4C3CC3C(=O)N(c4cccc(Cl)c4)C(=O)C32c2ccccc2)c1O. The summed E-state index contributed by atoms with van der Waals surface area (Å²) in [5.41, 5.74) is 0.370. The lowest BCUT2D eigenvalue weighted by molar-refractivity contribution is -0.127. The number of anilines is 2. The van der Waals surface area contributed by atoms with Crippen LogP contribution in [0.25, 0.3) is 0 Å². The van der Waals surface area contributed by atoms with Crippen molar-refractivity contribution < 1.29 is 38.9 Å². The van der Waals surface area contributed by atoms with Crippen molar-refractivity contribution in [1.29, 1.82) is 0 Å². The third-order valence-electron chi connectivity index (χ3n) is 11.1. The number of carboxylic acids is 1. The van der Waals surface area contributed by atoms with Crippen LogP contribution in [0.15, 0.2) is 109 Å². The van der Waals surface area contributed by atoms with Crippen LogP contribution in [0.1, 0.15) is 40.2 Å². The highest BCUT2D eigenvalue weighted by atomic mass is 35.5. The van der Waals surface area contributed by atoms with Crippen LogP contribution < -0.4 is 14.5 Å². The molecule has 0 bridgehead atoms. The Balaban J connectivity index is 1.35. The Labute approximate surface area is 297 Å². The van der Waals surface area contributed by atoms with Crippen molar-refractivity contribution in [2.75, 3.05) is 16.9 Å². The molecule has 3 fully saturated rings. The molecule has 2 aliphatic heterocycles. The van der Waals surface area contributed by atoms with Gasteiger partial charge in [0.05, 0.1) is 47.2 Å². The average molecular weight is 703 g/mol. The predicted molar refractivity (Wildman–Crippen MR) is 187 cm³/mol. The van der Waals surface area contributed by atoms with Gasteiger partial charge < -0.3 is 14.9 Å². The fourth-order valence-corrected chi connectivity index (χ4v) is 9.24. The minimum Gasteiger partial charge on any atom is -0.504 e. The maximum atomic E-state index is 15.3. The zero-order valence-corrected chi connectivity index (χ0v) is 28.0. The molecule has 256 valence electrons. The van der Waals surface area contributed by atoms with Crippen LogP contribution in [0.2, 0.25) is 5.02 Å². The van der Waals surface area contributed by atoms with Gasteiger partial charge in [-0.25, -0.2) is 9.69 Å². The number of hydrogen-bond acceptors (Lipinski definition) is 7. The summed E-state index contributed by atoms with van der Waals surface area (Å²) in [6.45, 7) is 0. The number of methoxy groups -OCH3 is 1. The van der Waals surface area contributed by atoms with Crippen LogP contribution in [0.5, 0.6) is 11.5 Å². The fraction of sp³-hybridized carbons (Fsp3) is 0.225. The Morgan fingerprint density at radius 3 is 2.24 bits per heavy atom. The monoisotopic (exact) mass is 702 g/mol. The number of amides is 4. The van der Waals surface area contributed by atoms with E-state index in [0.29, 0.717) is 27.4 Å². The van der Waals surface area contributed by atoms with E-state index in [-0.39, 0.29) is 35.6 Å². The highest BCUT2D eigenvalue weighted by Gasteiger charge is 2.70. The smallest absolute Gasteiger partial charge is 0.335 e. The average Bonchev–Trinajstić information content (AvgIpc) is 3.53. The Morgan fingerprint density at radius 1 is 0.824 bits per heavy atom. The van der Waals surface area contributed by atoms with E-state index >= 15 is 4.79 Å². The summed E-state index contributed by atoms with van der Waals surface area (Å²) < 4.78 is 5.51. The van der Waals surface area contributed by atoms with Gasteiger partial charge in [-0.1, -0.05) is 77.8 Å². The molecule has 10 nitrogen and oxygen atoms in total. The van der Waals surface area contributed by atoms with E-state index in [1.54, 1.807) is 66.7 Å². The van der Waals surface area contributed by atoms with Crippen molar-refractivity contribution in [1.82, 2.24) is 0 Å². The molecular weight excluding hydrogens is 672 g/mol. The Hall–Kier alpha value is -5.74. The summed E-state index contributed by atoms with van der Waals surface area (Å²) in [5.74, 6) is -7.51. The van der Waals surface area contributed by atoms with Gasteiger partial charge in [-0.15, -0.1) is 0 Å². The molecule has 0 spiro atoms. The largest absolute Gasteiger partial charge is 0.504 e. The number of fused-ring (bicyclic) bond motifs is 4. The quantitative estimate of drug-likeness (QED) is 0.181. The molecule has 2 heterocycles. The molecule has 11 heteroatoms. The molecule has 4 amide bonds. The van der Waals surface area contributed by atoms with Crippen molar-refractivity contribution in [2.24, 2.45) is 23.7 Å². The normalized spacial score (nSPS) is 26.8. The number of nitrogens with zero attached hydrogens (tertiary/aromatic N) is 2. The minimum absolute atomic E-state index is 0.0623. The van der Waals surface area contributed by atoms with Gasteiger partial charge in [-0.2, -0.15) is 0 Å². The maximum absolute atomic E-state index is 15.3. The van der Waals surface area contributed by atoms with E-state index in [4.69, 9.17) is 16.3 Å². The van der Waals surface area contributed by atoms with Gasteiger partial charge in [0, 0.05) is 16.5 Å². The van der Waals surface area contributed by atoms with Gasteiger partial charge in [-0.05, 0) is 66.8 Å². The van der Waals surface area contributed by atoms with Crippen molar-refractivity contribution in [2.45, 2.75) is 24.2 Å². The number of rotatable bonds is 6. The summed E-state index contributed by atoms with van der Waals surface area (Å²) in [6, 6.07) is 26.2. The van der Waals surface area contributed by atoms with E-state index < -0.39 is 64.6 Å². The first-order chi connectivity index (χ1) is 24.6. The third-order valence-corrected chi connectivity index (χ3v) is 11.3. The number of carboxylic acid groups (broad SMARTS) is 1. The lowest BCUT2D eigenvalue weighted by Crippen LogP contribution is -2.53. The molecule has 0 aromatic heterocycles. The Kier molecular flexibility index (Phi) is 7.61. The van der Waals surface area contributed by atoms with Crippen LogP contribution in [0, 0.1) is 23.7 Å². The second kappa shape index (κ2) is 11.9. The number of carbonyl (C=O) groups is 5. The van der Waals surface area contributed by atoms with E-state index in [0.717, 1.165) is 9.80 Å². The molecule has 51 heavy (non-hydrogen) atoms. The highest BCUT2D eigenvalue weighted by molar-refractivity contribution is 6.32. The van der Waals surface area contributed by atoms with Gasteiger partial charge in [0.15, 0.2) is 11.5 Å². The molecular formula is C40H31ClN2O8. The fourth-order valence-electron chi connectivity index (χ4n) is 9.06. The topological polar surface area (TPSA) is 142 Å². The number of halogens is 1. The van der Waals surface area contributed by atoms with Crippen molar-refractivity contribution in [3.05, 3.63) is 130 Å². The lowest BCUT2D eigenvalue weighted by atomic mass is 9.49.